The molecule has 1 fully saturated rings. The topological polar surface area (TPSA) is 99.7 Å². The number of benzene rings is 1. The molecular weight excluding hydrogens is 390 g/mol. The lowest BCUT2D eigenvalue weighted by Crippen LogP contribution is -2.47. The van der Waals surface area contributed by atoms with Crippen LogP contribution in [0.15, 0.2) is 53.4 Å². The number of piperazine rings is 1. The zero-order valence-electron chi connectivity index (χ0n) is 18.5. The second-order valence-corrected chi connectivity index (χ2v) is 7.54. The van der Waals surface area contributed by atoms with E-state index in [-0.39, 0.29) is 5.91 Å². The fraction of sp³-hybridized carbons (Fsp3) is 0.391. The van der Waals surface area contributed by atoms with Gasteiger partial charge >= 0.3 is 0 Å². The maximum Gasteiger partial charge on any atom is 0.224 e. The first-order valence-electron chi connectivity index (χ1n) is 10.5. The van der Waals surface area contributed by atoms with Crippen LogP contribution in [0.5, 0.6) is 0 Å². The highest BCUT2D eigenvalue weighted by molar-refractivity contribution is 5.98. The third kappa shape index (κ3) is 5.67. The number of hydrogen-bond donors (Lipinski definition) is 2. The van der Waals surface area contributed by atoms with E-state index < -0.39 is 0 Å². The third-order valence-corrected chi connectivity index (χ3v) is 5.62. The van der Waals surface area contributed by atoms with Crippen molar-refractivity contribution in [2.75, 3.05) is 51.7 Å². The van der Waals surface area contributed by atoms with Crippen LogP contribution >= 0.6 is 0 Å². The smallest absolute Gasteiger partial charge is 0.224 e. The number of likely N-dealkylation sites (N-methyl/N-ethyl adjacent to an activating group) is 1. The van der Waals surface area contributed by atoms with Crippen LogP contribution in [0.3, 0.4) is 0 Å². The van der Waals surface area contributed by atoms with Crippen LogP contribution in [-0.4, -0.2) is 73.3 Å². The minimum Gasteiger partial charge on any atom is -0.404 e. The van der Waals surface area contributed by atoms with Crippen LogP contribution in [0.4, 0.5) is 5.82 Å². The molecule has 31 heavy (non-hydrogen) atoms. The average molecular weight is 422 g/mol. The molecule has 0 atom stereocenters. The van der Waals surface area contributed by atoms with E-state index in [4.69, 9.17) is 5.73 Å². The van der Waals surface area contributed by atoms with Crippen LogP contribution in [0, 0.1) is 0 Å². The second-order valence-electron chi connectivity index (χ2n) is 7.54. The lowest BCUT2D eigenvalue weighted by molar-refractivity contribution is -0.119. The van der Waals surface area contributed by atoms with Gasteiger partial charge in [0.05, 0.1) is 6.42 Å². The number of aromatic nitrogens is 2. The highest BCUT2D eigenvalue weighted by atomic mass is 16.1. The Hall–Kier alpha value is -3.26. The predicted molar refractivity (Wildman–Crippen MR) is 125 cm³/mol. The normalized spacial score (nSPS) is 15.8. The van der Waals surface area contributed by atoms with Crippen molar-refractivity contribution in [3.63, 3.8) is 0 Å². The molecule has 8 nitrogen and oxygen atoms in total. The van der Waals surface area contributed by atoms with Crippen LogP contribution < -0.4 is 16.0 Å². The fourth-order valence-corrected chi connectivity index (χ4v) is 3.61. The van der Waals surface area contributed by atoms with Crippen molar-refractivity contribution >= 4 is 17.4 Å². The van der Waals surface area contributed by atoms with Gasteiger partial charge in [-0.3, -0.25) is 19.7 Å². The minimum absolute atomic E-state index is 0.00106. The molecule has 0 aliphatic carbocycles. The summed E-state index contributed by atoms with van der Waals surface area (Å²) in [4.78, 5) is 29.8. The van der Waals surface area contributed by atoms with Gasteiger partial charge < -0.3 is 16.0 Å². The average Bonchev–Trinajstić information content (AvgIpc) is 2.83. The van der Waals surface area contributed by atoms with E-state index in [2.05, 4.69) is 30.1 Å². The standard InChI is InChI=1S/C23H31N7O/c1-17(25-2)20(15-24)16-29-10-12-30(13-11-29)23-22(27-8-9-28-23)19-6-4-18(5-7-19)14-21(31)26-3/h4-9,15H,10-14,16,24H2,1-3H3,(H,26,31)/b20-15-,25-17?. The summed E-state index contributed by atoms with van der Waals surface area (Å²) >= 11 is 0. The first-order valence-corrected chi connectivity index (χ1v) is 10.5. The number of amides is 1. The lowest BCUT2D eigenvalue weighted by atomic mass is 10.1. The van der Waals surface area contributed by atoms with Gasteiger partial charge in [0, 0.05) is 82.3 Å². The Morgan fingerprint density at radius 1 is 1.16 bits per heavy atom. The molecule has 1 saturated heterocycles. The Bertz CT molecular complexity index is 945. The molecule has 2 aromatic rings. The van der Waals surface area contributed by atoms with Crippen LogP contribution in [-0.2, 0) is 11.2 Å². The van der Waals surface area contributed by atoms with Crippen molar-refractivity contribution in [3.05, 3.63) is 54.0 Å². The van der Waals surface area contributed by atoms with Gasteiger partial charge in [-0.05, 0) is 12.5 Å². The Morgan fingerprint density at radius 3 is 2.45 bits per heavy atom. The summed E-state index contributed by atoms with van der Waals surface area (Å²) in [7, 11) is 3.44. The van der Waals surface area contributed by atoms with Gasteiger partial charge in [-0.15, -0.1) is 0 Å². The summed E-state index contributed by atoms with van der Waals surface area (Å²) in [6.07, 6.45) is 5.48. The fourth-order valence-electron chi connectivity index (χ4n) is 3.61. The summed E-state index contributed by atoms with van der Waals surface area (Å²) in [5.74, 6) is 0.890. The zero-order chi connectivity index (χ0) is 22.2. The number of carbonyl (C=O) groups excluding carboxylic acids is 1. The van der Waals surface area contributed by atoms with Gasteiger partial charge in [0.2, 0.25) is 5.91 Å². The molecule has 1 aromatic carbocycles. The Morgan fingerprint density at radius 2 is 1.84 bits per heavy atom. The zero-order valence-corrected chi connectivity index (χ0v) is 18.5. The van der Waals surface area contributed by atoms with E-state index in [0.29, 0.717) is 6.42 Å². The van der Waals surface area contributed by atoms with E-state index in [0.717, 1.165) is 66.6 Å². The summed E-state index contributed by atoms with van der Waals surface area (Å²) in [6, 6.07) is 7.96. The molecule has 164 valence electrons. The molecule has 1 aromatic heterocycles. The highest BCUT2D eigenvalue weighted by Crippen LogP contribution is 2.27. The molecule has 0 saturated carbocycles. The number of nitrogens with zero attached hydrogens (tertiary/aromatic N) is 5. The Balaban J connectivity index is 1.70. The molecule has 3 rings (SSSR count). The van der Waals surface area contributed by atoms with Gasteiger partial charge in [-0.2, -0.15) is 0 Å². The molecule has 1 amide bonds. The highest BCUT2D eigenvalue weighted by Gasteiger charge is 2.22. The van der Waals surface area contributed by atoms with Crippen molar-refractivity contribution in [2.45, 2.75) is 13.3 Å². The van der Waals surface area contributed by atoms with E-state index in [1.807, 2.05) is 31.2 Å². The molecule has 1 aliphatic heterocycles. The minimum atomic E-state index is -0.00106. The number of hydrogen-bond acceptors (Lipinski definition) is 7. The quantitative estimate of drug-likeness (QED) is 0.657. The summed E-state index contributed by atoms with van der Waals surface area (Å²) < 4.78 is 0. The van der Waals surface area contributed by atoms with Gasteiger partial charge in [0.15, 0.2) is 5.82 Å². The predicted octanol–water partition coefficient (Wildman–Crippen LogP) is 1.49. The number of nitrogens with two attached hydrogens (primary N) is 1. The monoisotopic (exact) mass is 421 g/mol. The van der Waals surface area contributed by atoms with E-state index in [1.165, 1.54) is 0 Å². The molecule has 3 N–H and O–H groups in total. The molecule has 0 radical (unpaired) electrons. The van der Waals surface area contributed by atoms with Crippen LogP contribution in [0.25, 0.3) is 11.3 Å². The SMILES string of the molecule is CN=C(C)/C(=C\N)CN1CCN(c2nccnc2-c2ccc(CC(=O)NC)cc2)CC1. The largest absolute Gasteiger partial charge is 0.404 e. The second kappa shape index (κ2) is 10.7. The van der Waals surface area contributed by atoms with Crippen molar-refractivity contribution in [1.82, 2.24) is 20.2 Å². The first-order chi connectivity index (χ1) is 15.0. The molecule has 0 unspecified atom stereocenters. The number of anilines is 1. The molecule has 2 heterocycles. The van der Waals surface area contributed by atoms with Crippen molar-refractivity contribution in [2.24, 2.45) is 10.7 Å². The Labute approximate surface area is 183 Å². The van der Waals surface area contributed by atoms with Crippen LogP contribution in [0.2, 0.25) is 0 Å². The lowest BCUT2D eigenvalue weighted by Gasteiger charge is -2.36. The maximum atomic E-state index is 11.6. The summed E-state index contributed by atoms with van der Waals surface area (Å²) in [6.45, 7) is 6.33. The summed E-state index contributed by atoms with van der Waals surface area (Å²) in [5, 5.41) is 2.65. The van der Waals surface area contributed by atoms with Crippen molar-refractivity contribution in [1.29, 1.82) is 0 Å². The van der Waals surface area contributed by atoms with Gasteiger partial charge in [0.25, 0.3) is 0 Å². The summed E-state index contributed by atoms with van der Waals surface area (Å²) in [5.41, 5.74) is 10.7. The van der Waals surface area contributed by atoms with E-state index in [9.17, 15) is 4.79 Å². The van der Waals surface area contributed by atoms with E-state index in [1.54, 1.807) is 32.7 Å². The molecule has 0 bridgehead atoms. The number of nitrogens with one attached hydrogen (secondary N) is 1. The molecule has 0 spiro atoms. The molecule has 8 heteroatoms. The molecular formula is C23H31N7O. The van der Waals surface area contributed by atoms with Gasteiger partial charge in [-0.1, -0.05) is 24.3 Å². The third-order valence-electron chi connectivity index (χ3n) is 5.62. The number of rotatable bonds is 7. The molecule has 1 aliphatic rings. The van der Waals surface area contributed by atoms with Gasteiger partial charge in [-0.25, -0.2) is 4.98 Å². The van der Waals surface area contributed by atoms with Gasteiger partial charge in [0.1, 0.15) is 5.69 Å². The maximum absolute atomic E-state index is 11.6. The van der Waals surface area contributed by atoms with Crippen molar-refractivity contribution in [3.8, 4) is 11.3 Å². The first kappa shape index (κ1) is 22.4. The number of carbonyl (C=O) groups is 1. The van der Waals surface area contributed by atoms with Crippen LogP contribution in [0.1, 0.15) is 12.5 Å². The van der Waals surface area contributed by atoms with Crippen molar-refractivity contribution < 1.29 is 4.79 Å². The number of aliphatic imine (C=N–C) groups is 1. The Kier molecular flexibility index (Phi) is 7.72. The van der Waals surface area contributed by atoms with E-state index >= 15 is 0 Å².